The van der Waals surface area contributed by atoms with Crippen LogP contribution in [0.2, 0.25) is 0 Å². The standard InChI is InChI=1S/C20H26N2O2.ClH/c1-13-8-14(2)10-16(9-13)11-19(22-20(23)15(3)21)17-6-5-7-18(12-17)24-4;/h5-10,12,15,19H,11,21H2,1-4H3,(H,22,23);1H/t15-,19?;/m1./s1. The van der Waals surface area contributed by atoms with Crippen molar-refractivity contribution < 1.29 is 9.53 Å². The normalized spacial score (nSPS) is 12.7. The van der Waals surface area contributed by atoms with Gasteiger partial charge < -0.3 is 15.8 Å². The quantitative estimate of drug-likeness (QED) is 0.826. The van der Waals surface area contributed by atoms with Crippen molar-refractivity contribution in [2.45, 2.75) is 39.3 Å². The van der Waals surface area contributed by atoms with Crippen LogP contribution in [0.25, 0.3) is 0 Å². The number of aryl methyl sites for hydroxylation is 2. The summed E-state index contributed by atoms with van der Waals surface area (Å²) in [6, 6.07) is 13.5. The summed E-state index contributed by atoms with van der Waals surface area (Å²) < 4.78 is 5.31. The SMILES string of the molecule is COc1cccc(C(Cc2cc(C)cc(C)c2)NC(=O)[C@@H](C)N)c1.Cl. The van der Waals surface area contributed by atoms with Gasteiger partial charge in [-0.3, -0.25) is 4.79 Å². The average Bonchev–Trinajstić information content (AvgIpc) is 2.53. The molecule has 3 N–H and O–H groups in total. The highest BCUT2D eigenvalue weighted by atomic mass is 35.5. The second kappa shape index (κ2) is 9.44. The van der Waals surface area contributed by atoms with E-state index in [1.54, 1.807) is 14.0 Å². The molecular formula is C20H27ClN2O2. The van der Waals surface area contributed by atoms with Crippen LogP contribution in [-0.4, -0.2) is 19.1 Å². The second-order valence-electron chi connectivity index (χ2n) is 6.33. The van der Waals surface area contributed by atoms with Crippen molar-refractivity contribution in [3.05, 3.63) is 64.7 Å². The number of hydrogen-bond acceptors (Lipinski definition) is 3. The van der Waals surface area contributed by atoms with Gasteiger partial charge in [0.2, 0.25) is 5.91 Å². The van der Waals surface area contributed by atoms with Gasteiger partial charge in [0, 0.05) is 0 Å². The van der Waals surface area contributed by atoms with Crippen LogP contribution in [0.1, 0.15) is 35.2 Å². The van der Waals surface area contributed by atoms with E-state index >= 15 is 0 Å². The van der Waals surface area contributed by atoms with E-state index in [0.717, 1.165) is 11.3 Å². The minimum atomic E-state index is -0.544. The minimum absolute atomic E-state index is 0. The molecule has 0 aliphatic heterocycles. The molecule has 136 valence electrons. The maximum Gasteiger partial charge on any atom is 0.237 e. The molecule has 5 heteroatoms. The number of rotatable bonds is 6. The van der Waals surface area contributed by atoms with Gasteiger partial charge in [-0.25, -0.2) is 0 Å². The molecule has 0 bridgehead atoms. The van der Waals surface area contributed by atoms with E-state index < -0.39 is 6.04 Å². The Kier molecular flexibility index (Phi) is 7.94. The van der Waals surface area contributed by atoms with Crippen molar-refractivity contribution in [3.8, 4) is 5.75 Å². The van der Waals surface area contributed by atoms with Gasteiger partial charge in [-0.15, -0.1) is 12.4 Å². The van der Waals surface area contributed by atoms with Gasteiger partial charge in [0.1, 0.15) is 5.75 Å². The van der Waals surface area contributed by atoms with Crippen molar-refractivity contribution in [2.75, 3.05) is 7.11 Å². The van der Waals surface area contributed by atoms with Gasteiger partial charge in [0.25, 0.3) is 0 Å². The number of methoxy groups -OCH3 is 1. The van der Waals surface area contributed by atoms with Crippen molar-refractivity contribution in [3.63, 3.8) is 0 Å². The van der Waals surface area contributed by atoms with Gasteiger partial charge in [-0.2, -0.15) is 0 Å². The van der Waals surface area contributed by atoms with Crippen LogP contribution < -0.4 is 15.8 Å². The second-order valence-corrected chi connectivity index (χ2v) is 6.33. The van der Waals surface area contributed by atoms with E-state index in [1.807, 2.05) is 24.3 Å². The summed E-state index contributed by atoms with van der Waals surface area (Å²) in [5, 5.41) is 3.05. The lowest BCUT2D eigenvalue weighted by Crippen LogP contribution is -2.40. The van der Waals surface area contributed by atoms with Crippen LogP contribution in [0.3, 0.4) is 0 Å². The zero-order chi connectivity index (χ0) is 17.7. The molecule has 0 aromatic heterocycles. The van der Waals surface area contributed by atoms with E-state index in [0.29, 0.717) is 6.42 Å². The van der Waals surface area contributed by atoms with Crippen LogP contribution >= 0.6 is 12.4 Å². The highest BCUT2D eigenvalue weighted by Crippen LogP contribution is 2.23. The Hall–Kier alpha value is -2.04. The molecule has 2 aromatic carbocycles. The summed E-state index contributed by atoms with van der Waals surface area (Å²) in [6.45, 7) is 5.85. The molecular weight excluding hydrogens is 336 g/mol. The van der Waals surface area contributed by atoms with Gasteiger partial charge in [-0.1, -0.05) is 41.5 Å². The molecule has 2 aromatic rings. The summed E-state index contributed by atoms with van der Waals surface area (Å²) >= 11 is 0. The van der Waals surface area contributed by atoms with E-state index in [-0.39, 0.29) is 24.4 Å². The highest BCUT2D eigenvalue weighted by molar-refractivity contribution is 5.85. The molecule has 0 fully saturated rings. The summed E-state index contributed by atoms with van der Waals surface area (Å²) in [6.07, 6.45) is 0.703. The Labute approximate surface area is 156 Å². The summed E-state index contributed by atoms with van der Waals surface area (Å²) in [7, 11) is 1.64. The van der Waals surface area contributed by atoms with Crippen LogP contribution in [0, 0.1) is 13.8 Å². The Morgan fingerprint density at radius 3 is 2.36 bits per heavy atom. The topological polar surface area (TPSA) is 64.3 Å². The van der Waals surface area contributed by atoms with Crippen molar-refractivity contribution in [1.29, 1.82) is 0 Å². The fourth-order valence-corrected chi connectivity index (χ4v) is 2.84. The average molecular weight is 363 g/mol. The monoisotopic (exact) mass is 362 g/mol. The van der Waals surface area contributed by atoms with E-state index in [4.69, 9.17) is 10.5 Å². The number of carbonyl (C=O) groups excluding carboxylic acids is 1. The molecule has 4 nitrogen and oxygen atoms in total. The first kappa shape index (κ1) is 21.0. The van der Waals surface area contributed by atoms with Crippen molar-refractivity contribution in [2.24, 2.45) is 5.73 Å². The highest BCUT2D eigenvalue weighted by Gasteiger charge is 2.18. The first-order chi connectivity index (χ1) is 11.4. The Morgan fingerprint density at radius 2 is 1.80 bits per heavy atom. The number of nitrogens with one attached hydrogen (secondary N) is 1. The van der Waals surface area contributed by atoms with Crippen molar-refractivity contribution in [1.82, 2.24) is 5.32 Å². The fraction of sp³-hybridized carbons (Fsp3) is 0.350. The zero-order valence-electron chi connectivity index (χ0n) is 15.2. The molecule has 1 unspecified atom stereocenters. The number of nitrogens with two attached hydrogens (primary N) is 1. The predicted molar refractivity (Wildman–Crippen MR) is 104 cm³/mol. The molecule has 0 aliphatic rings. The molecule has 0 saturated heterocycles. The number of halogens is 1. The van der Waals surface area contributed by atoms with Gasteiger partial charge >= 0.3 is 0 Å². The predicted octanol–water partition coefficient (Wildman–Crippen LogP) is 3.48. The minimum Gasteiger partial charge on any atom is -0.497 e. The third-order valence-corrected chi connectivity index (χ3v) is 3.95. The smallest absolute Gasteiger partial charge is 0.237 e. The lowest BCUT2D eigenvalue weighted by atomic mass is 9.96. The summed E-state index contributed by atoms with van der Waals surface area (Å²) in [5.41, 5.74) is 10.3. The number of benzene rings is 2. The van der Waals surface area contributed by atoms with Gasteiger partial charge in [-0.05, 0) is 50.5 Å². The molecule has 0 radical (unpaired) electrons. The molecule has 0 spiro atoms. The Balaban J connectivity index is 0.00000312. The van der Waals surface area contributed by atoms with E-state index in [9.17, 15) is 4.79 Å². The molecule has 2 rings (SSSR count). The third kappa shape index (κ3) is 6.07. The van der Waals surface area contributed by atoms with Crippen LogP contribution in [0.15, 0.2) is 42.5 Å². The van der Waals surface area contributed by atoms with Gasteiger partial charge in [0.15, 0.2) is 0 Å². The zero-order valence-corrected chi connectivity index (χ0v) is 16.0. The summed E-state index contributed by atoms with van der Waals surface area (Å²) in [4.78, 5) is 12.1. The van der Waals surface area contributed by atoms with Crippen molar-refractivity contribution >= 4 is 18.3 Å². The number of amides is 1. The number of ether oxygens (including phenoxy) is 1. The van der Waals surface area contributed by atoms with Crippen LogP contribution in [-0.2, 0) is 11.2 Å². The molecule has 25 heavy (non-hydrogen) atoms. The Morgan fingerprint density at radius 1 is 1.16 bits per heavy atom. The molecule has 0 saturated carbocycles. The van der Waals surface area contributed by atoms with Crippen LogP contribution in [0.4, 0.5) is 0 Å². The number of carbonyl (C=O) groups is 1. The fourth-order valence-electron chi connectivity index (χ4n) is 2.84. The number of hydrogen-bond donors (Lipinski definition) is 2. The molecule has 0 heterocycles. The lowest BCUT2D eigenvalue weighted by molar-refractivity contribution is -0.122. The molecule has 1 amide bonds. The van der Waals surface area contributed by atoms with E-state index in [1.165, 1.54) is 16.7 Å². The molecule has 0 aliphatic carbocycles. The van der Waals surface area contributed by atoms with Gasteiger partial charge in [0.05, 0.1) is 19.2 Å². The lowest BCUT2D eigenvalue weighted by Gasteiger charge is -2.21. The maximum absolute atomic E-state index is 12.1. The summed E-state index contributed by atoms with van der Waals surface area (Å²) in [5.74, 6) is 0.611. The third-order valence-electron chi connectivity index (χ3n) is 3.95. The largest absolute Gasteiger partial charge is 0.497 e. The molecule has 2 atom stereocenters. The van der Waals surface area contributed by atoms with E-state index in [2.05, 4.69) is 37.4 Å². The first-order valence-electron chi connectivity index (χ1n) is 8.16. The van der Waals surface area contributed by atoms with Crippen LogP contribution in [0.5, 0.6) is 5.75 Å². The Bertz CT molecular complexity index is 696. The maximum atomic E-state index is 12.1. The first-order valence-corrected chi connectivity index (χ1v) is 8.16.